The first-order valence-electron chi connectivity index (χ1n) is 8.10. The summed E-state index contributed by atoms with van der Waals surface area (Å²) in [6.45, 7) is 0. The van der Waals surface area contributed by atoms with Crippen LogP contribution in [-0.4, -0.2) is 21.5 Å². The summed E-state index contributed by atoms with van der Waals surface area (Å²) in [5.41, 5.74) is 8.65. The summed E-state index contributed by atoms with van der Waals surface area (Å²) in [6, 6.07) is 9.14. The number of halogens is 1. The van der Waals surface area contributed by atoms with E-state index in [0.717, 1.165) is 24.0 Å². The van der Waals surface area contributed by atoms with Crippen molar-refractivity contribution in [3.05, 3.63) is 58.1 Å². The Kier molecular flexibility index (Phi) is 5.22. The monoisotopic (exact) mass is 394 g/mol. The summed E-state index contributed by atoms with van der Waals surface area (Å²) in [6.07, 6.45) is 2.42. The van der Waals surface area contributed by atoms with Gasteiger partial charge in [-0.15, -0.1) is 0 Å². The molecule has 138 valence electrons. The Morgan fingerprint density at radius 2 is 2.04 bits per heavy atom. The van der Waals surface area contributed by atoms with Gasteiger partial charge in [0.25, 0.3) is 0 Å². The normalized spacial score (nSPS) is 16.8. The molecule has 0 fully saturated rings. The summed E-state index contributed by atoms with van der Waals surface area (Å²) in [7, 11) is -2.61. The predicted octanol–water partition coefficient (Wildman–Crippen LogP) is 3.06. The first-order valence-corrected chi connectivity index (χ1v) is 9.96. The molecule has 8 heteroatoms. The lowest BCUT2D eigenvalue weighted by Crippen LogP contribution is -2.31. The number of nitrogens with one attached hydrogen (secondary N) is 1. The molecule has 1 aliphatic carbocycles. The second-order valence-corrected chi connectivity index (χ2v) is 8.25. The summed E-state index contributed by atoms with van der Waals surface area (Å²) < 4.78 is 33.0. The van der Waals surface area contributed by atoms with Crippen LogP contribution in [0.3, 0.4) is 0 Å². The van der Waals surface area contributed by atoms with E-state index in [2.05, 4.69) is 9.46 Å². The Balaban J connectivity index is 1.90. The minimum Gasteiger partial charge on any atom is -0.465 e. The molecule has 1 atom stereocenters. The van der Waals surface area contributed by atoms with Crippen molar-refractivity contribution < 1.29 is 17.9 Å². The lowest BCUT2D eigenvalue weighted by atomic mass is 9.88. The topological polar surface area (TPSA) is 98.5 Å². The number of ether oxygens (including phenoxy) is 1. The van der Waals surface area contributed by atoms with Gasteiger partial charge in [0.2, 0.25) is 10.0 Å². The molecule has 0 saturated carbocycles. The average molecular weight is 395 g/mol. The zero-order valence-corrected chi connectivity index (χ0v) is 15.7. The number of hydrogen-bond donors (Lipinski definition) is 2. The van der Waals surface area contributed by atoms with E-state index in [0.29, 0.717) is 12.1 Å². The van der Waals surface area contributed by atoms with Crippen molar-refractivity contribution in [3.8, 4) is 0 Å². The van der Waals surface area contributed by atoms with Crippen molar-refractivity contribution in [1.82, 2.24) is 4.72 Å². The fraction of sp³-hybridized carbons (Fsp3) is 0.278. The van der Waals surface area contributed by atoms with Crippen LogP contribution in [0.15, 0.2) is 41.3 Å². The molecule has 0 aliphatic heterocycles. The third kappa shape index (κ3) is 3.70. The SMILES string of the molecule is COC(=O)c1ccc(S(=O)(=O)NC2CCCc3cc(N)ccc32)c(Cl)c1. The van der Waals surface area contributed by atoms with Crippen molar-refractivity contribution in [2.45, 2.75) is 30.2 Å². The van der Waals surface area contributed by atoms with Crippen molar-refractivity contribution in [3.63, 3.8) is 0 Å². The molecule has 0 heterocycles. The maximum atomic E-state index is 12.8. The Morgan fingerprint density at radius 3 is 2.73 bits per heavy atom. The number of esters is 1. The highest BCUT2D eigenvalue weighted by atomic mass is 35.5. The first-order chi connectivity index (χ1) is 12.3. The third-order valence-electron chi connectivity index (χ3n) is 4.42. The van der Waals surface area contributed by atoms with E-state index in [4.69, 9.17) is 17.3 Å². The zero-order valence-electron chi connectivity index (χ0n) is 14.2. The Morgan fingerprint density at radius 1 is 1.27 bits per heavy atom. The molecule has 0 radical (unpaired) electrons. The number of carbonyl (C=O) groups excluding carboxylic acids is 1. The second-order valence-electron chi connectivity index (χ2n) is 6.16. The molecule has 0 bridgehead atoms. The Labute approximate surface area is 157 Å². The molecule has 2 aromatic carbocycles. The Bertz CT molecular complexity index is 960. The fourth-order valence-corrected chi connectivity index (χ4v) is 4.97. The van der Waals surface area contributed by atoms with Gasteiger partial charge < -0.3 is 10.5 Å². The van der Waals surface area contributed by atoms with Crippen LogP contribution in [0.25, 0.3) is 0 Å². The van der Waals surface area contributed by atoms with Crippen molar-refractivity contribution in [1.29, 1.82) is 0 Å². The van der Waals surface area contributed by atoms with E-state index < -0.39 is 16.0 Å². The van der Waals surface area contributed by atoms with Gasteiger partial charge in [-0.3, -0.25) is 0 Å². The van der Waals surface area contributed by atoms with Crippen LogP contribution in [0.2, 0.25) is 5.02 Å². The molecule has 6 nitrogen and oxygen atoms in total. The van der Waals surface area contributed by atoms with Gasteiger partial charge >= 0.3 is 5.97 Å². The predicted molar refractivity (Wildman–Crippen MR) is 99.6 cm³/mol. The molecular formula is C18H19ClN2O4S. The van der Waals surface area contributed by atoms with Gasteiger partial charge in [-0.1, -0.05) is 17.7 Å². The van der Waals surface area contributed by atoms with Crippen LogP contribution in [0.4, 0.5) is 5.69 Å². The van der Waals surface area contributed by atoms with Crippen LogP contribution < -0.4 is 10.5 Å². The molecule has 3 N–H and O–H groups in total. The van der Waals surface area contributed by atoms with E-state index in [1.807, 2.05) is 12.1 Å². The lowest BCUT2D eigenvalue weighted by molar-refractivity contribution is 0.0600. The number of anilines is 1. The van der Waals surface area contributed by atoms with Gasteiger partial charge in [0.05, 0.1) is 17.7 Å². The number of nitrogens with two attached hydrogens (primary N) is 1. The van der Waals surface area contributed by atoms with Crippen molar-refractivity contribution in [2.75, 3.05) is 12.8 Å². The van der Waals surface area contributed by atoms with Gasteiger partial charge in [0.15, 0.2) is 0 Å². The molecular weight excluding hydrogens is 376 g/mol. The van der Waals surface area contributed by atoms with Gasteiger partial charge in [-0.25, -0.2) is 17.9 Å². The van der Waals surface area contributed by atoms with E-state index in [1.165, 1.54) is 25.3 Å². The van der Waals surface area contributed by atoms with Gasteiger partial charge in [-0.2, -0.15) is 0 Å². The van der Waals surface area contributed by atoms with Crippen molar-refractivity contribution >= 4 is 33.3 Å². The largest absolute Gasteiger partial charge is 0.465 e. The highest BCUT2D eigenvalue weighted by molar-refractivity contribution is 7.89. The number of sulfonamides is 1. The molecule has 2 aromatic rings. The number of carbonyl (C=O) groups is 1. The Hall–Kier alpha value is -2.09. The van der Waals surface area contributed by atoms with Crippen molar-refractivity contribution in [2.24, 2.45) is 0 Å². The van der Waals surface area contributed by atoms with E-state index >= 15 is 0 Å². The molecule has 1 aliphatic rings. The first kappa shape index (κ1) is 18.7. The minimum absolute atomic E-state index is 0.0336. The van der Waals surface area contributed by atoms with Crippen LogP contribution in [0.1, 0.15) is 40.4 Å². The molecule has 0 spiro atoms. The maximum absolute atomic E-state index is 12.8. The van der Waals surface area contributed by atoms with Gasteiger partial charge in [0, 0.05) is 11.7 Å². The highest BCUT2D eigenvalue weighted by Crippen LogP contribution is 2.33. The van der Waals surface area contributed by atoms with E-state index in [9.17, 15) is 13.2 Å². The average Bonchev–Trinajstić information content (AvgIpc) is 2.60. The summed E-state index contributed by atoms with van der Waals surface area (Å²) in [5.74, 6) is -0.581. The number of fused-ring (bicyclic) bond motifs is 1. The smallest absolute Gasteiger partial charge is 0.337 e. The van der Waals surface area contributed by atoms with Crippen LogP contribution >= 0.6 is 11.6 Å². The molecule has 26 heavy (non-hydrogen) atoms. The summed E-state index contributed by atoms with van der Waals surface area (Å²) in [4.78, 5) is 11.5. The molecule has 1 unspecified atom stereocenters. The number of rotatable bonds is 4. The second kappa shape index (κ2) is 7.26. The quantitative estimate of drug-likeness (QED) is 0.613. The van der Waals surface area contributed by atoms with Gasteiger partial charge in [-0.05, 0) is 60.7 Å². The minimum atomic E-state index is -3.86. The van der Waals surface area contributed by atoms with Gasteiger partial charge in [0.1, 0.15) is 4.90 Å². The van der Waals surface area contributed by atoms with Crippen LogP contribution in [0, 0.1) is 0 Å². The molecule has 3 rings (SSSR count). The standard InChI is InChI=1S/C18H19ClN2O4S/c1-25-18(22)12-5-8-17(15(19)10-12)26(23,24)21-16-4-2-3-11-9-13(20)6-7-14(11)16/h5-10,16,21H,2-4,20H2,1H3. The highest BCUT2D eigenvalue weighted by Gasteiger charge is 2.27. The number of nitrogen functional groups attached to an aromatic ring is 1. The maximum Gasteiger partial charge on any atom is 0.337 e. The molecule has 0 saturated heterocycles. The summed E-state index contributed by atoms with van der Waals surface area (Å²) >= 11 is 6.11. The third-order valence-corrected chi connectivity index (χ3v) is 6.38. The summed E-state index contributed by atoms with van der Waals surface area (Å²) in [5, 5.41) is -0.0336. The van der Waals surface area contributed by atoms with E-state index in [-0.39, 0.29) is 21.5 Å². The lowest BCUT2D eigenvalue weighted by Gasteiger charge is -2.26. The molecule has 0 aromatic heterocycles. The molecule has 0 amide bonds. The van der Waals surface area contributed by atoms with E-state index in [1.54, 1.807) is 6.07 Å². The zero-order chi connectivity index (χ0) is 18.9. The fourth-order valence-electron chi connectivity index (χ4n) is 3.17. The van der Waals surface area contributed by atoms with Crippen LogP contribution in [-0.2, 0) is 21.2 Å². The number of benzene rings is 2. The number of hydrogen-bond acceptors (Lipinski definition) is 5. The number of aryl methyl sites for hydroxylation is 1. The van der Waals surface area contributed by atoms with Crippen LogP contribution in [0.5, 0.6) is 0 Å². The number of methoxy groups -OCH3 is 1.